The maximum Gasteiger partial charge on any atom is 0.421 e. The number of carbonyl (C=O) groups excluding carboxylic acids is 8. The zero-order valence-electron chi connectivity index (χ0n) is 56.2. The second-order valence-corrected chi connectivity index (χ2v) is 27.2. The Labute approximate surface area is 600 Å². The zero-order valence-corrected chi connectivity index (χ0v) is 60.1. The number of Topliss-reactive ketones (excluding diaryl/α,β-unsaturated/α-hetero) is 2. The molecule has 0 aromatic heterocycles. The van der Waals surface area contributed by atoms with Crippen LogP contribution in [0.15, 0.2) is 4.99 Å². The average Bonchev–Trinajstić information content (AvgIpc) is 1.82. The van der Waals surface area contributed by atoms with Gasteiger partial charge in [0.1, 0.15) is 71.8 Å². The van der Waals surface area contributed by atoms with E-state index in [9.17, 15) is 89.1 Å². The number of nitrogens with zero attached hydrogens (tertiary/aromatic N) is 2. The van der Waals surface area contributed by atoms with Crippen molar-refractivity contribution in [3.05, 3.63) is 0 Å². The number of thioether (sulfide) groups is 3. The summed E-state index contributed by atoms with van der Waals surface area (Å²) in [5.74, 6) is 4.48. The quantitative estimate of drug-likeness (QED) is 0.00383. The van der Waals surface area contributed by atoms with E-state index >= 15 is 0 Å². The highest BCUT2D eigenvalue weighted by Crippen LogP contribution is 2.34. The van der Waals surface area contributed by atoms with Gasteiger partial charge in [-0.25, -0.2) is 15.4 Å². The minimum atomic E-state index is -1.41. The molecule has 5 fully saturated rings. The number of rotatable bonds is 34. The molecule has 99 heavy (non-hydrogen) atoms. The largest absolute Gasteiger partial charge is 0.481 e. The zero-order chi connectivity index (χ0) is 74.5. The number of nitrogens with one attached hydrogen (secondary N) is 1. The molecule has 5 rings (SSSR count). The standard InChI is InChI=1S/C33H63N3O15S3.C10H13NO5.C6H10O3.C5H12N2O2.C4H4O3.CH2Cl2.CH4/c1-46-32-30(47-7-2-10-52-12-5-34)28(44)24(40)19(50-32)4-9-49-33-31(29(45)25(41)20(16-38)51-33)48-8-3-11-53-13-6-36-22(35)17-54-21-14-18(15-37)23(39)27(43)26(21)42;1-2-7(12)3-6-10(15)16-11-8(13)4-5-9(11)14;1-2-5(7)3-4-6(8)9;1-5(2,3)9-4(8)7-6;5-3-1-2-4(6)7-3;2-1-3;/h18-21,23-33,37-45H,2-17,34H2,1H3,(H2,35,36);2-6H2,1H3;2-4H2,1H3,(H,8,9);6H2,1-3H3,(H,7,8);1-2H2;1H2;1H4/t18?,19?,20?,21-,23+,24-,25-,26?,27+,28+,29+,30?,31?,32+,33+;;;;;;/m1....../s1. The van der Waals surface area contributed by atoms with Gasteiger partial charge >= 0.3 is 30.0 Å². The molecule has 3 amide bonds. The molecule has 1 saturated carbocycles. The van der Waals surface area contributed by atoms with Gasteiger partial charge in [0, 0.05) is 101 Å². The summed E-state index contributed by atoms with van der Waals surface area (Å²) in [5.41, 5.74) is 12.9. The van der Waals surface area contributed by atoms with Crippen molar-refractivity contribution < 1.29 is 137 Å². The lowest BCUT2D eigenvalue weighted by Gasteiger charge is -2.43. The summed E-state index contributed by atoms with van der Waals surface area (Å²) in [4.78, 5) is 104. The Morgan fingerprint density at radius 2 is 1.20 bits per heavy atom. The molecule has 4 aliphatic heterocycles. The number of hydrogen-bond donors (Lipinski definition) is 14. The summed E-state index contributed by atoms with van der Waals surface area (Å²) in [6.07, 6.45) is -12.4. The van der Waals surface area contributed by atoms with E-state index in [2.05, 4.69) is 14.6 Å². The van der Waals surface area contributed by atoms with E-state index in [0.29, 0.717) is 73.5 Å². The van der Waals surface area contributed by atoms with E-state index in [1.54, 1.807) is 58.1 Å². The van der Waals surface area contributed by atoms with Crippen molar-refractivity contribution in [2.45, 2.75) is 223 Å². The fourth-order valence-corrected chi connectivity index (χ4v) is 11.4. The second kappa shape index (κ2) is 55.7. The number of amides is 3. The van der Waals surface area contributed by atoms with Crippen LogP contribution in [0.3, 0.4) is 0 Å². The summed E-state index contributed by atoms with van der Waals surface area (Å²) in [5, 5.41) is 101. The Bertz CT molecular complexity index is 2330. The van der Waals surface area contributed by atoms with E-state index in [1.165, 1.54) is 18.9 Å². The van der Waals surface area contributed by atoms with Crippen LogP contribution in [0.25, 0.3) is 0 Å². The van der Waals surface area contributed by atoms with Crippen LogP contribution in [0.1, 0.15) is 132 Å². The summed E-state index contributed by atoms with van der Waals surface area (Å²) in [6.45, 7) is 9.41. The highest BCUT2D eigenvalue weighted by Gasteiger charge is 2.48. The van der Waals surface area contributed by atoms with Gasteiger partial charge < -0.3 is 105 Å². The molecule has 39 heteroatoms. The number of aliphatic carboxylic acids is 1. The van der Waals surface area contributed by atoms with Crippen LogP contribution in [0.5, 0.6) is 0 Å². The van der Waals surface area contributed by atoms with Crippen LogP contribution in [0, 0.1) is 5.92 Å². The number of imide groups is 1. The fourth-order valence-electron chi connectivity index (χ4n) is 8.73. The van der Waals surface area contributed by atoms with Crippen molar-refractivity contribution in [2.24, 2.45) is 28.2 Å². The molecular formula is C60H108Cl2N6O28S3. The molecular weight excluding hydrogens is 1420 g/mol. The van der Waals surface area contributed by atoms with Crippen molar-refractivity contribution in [2.75, 3.05) is 87.3 Å². The molecule has 0 aromatic rings. The molecule has 4 heterocycles. The predicted molar refractivity (Wildman–Crippen MR) is 365 cm³/mol. The maximum atomic E-state index is 11.2. The number of ketones is 2. The lowest BCUT2D eigenvalue weighted by atomic mass is 9.83. The number of nitrogens with two attached hydrogens (primary N) is 3. The van der Waals surface area contributed by atoms with Gasteiger partial charge in [0.2, 0.25) is 0 Å². The van der Waals surface area contributed by atoms with Crippen LogP contribution < -0.4 is 22.7 Å². The number of hydrazine groups is 1. The number of aliphatic imine (C=N–C) groups is 1. The van der Waals surface area contributed by atoms with Crippen LogP contribution >= 0.6 is 58.5 Å². The number of alkyl halides is 2. The summed E-state index contributed by atoms with van der Waals surface area (Å²) < 4.78 is 43.4. The Balaban J connectivity index is 0. The molecule has 17 N–H and O–H groups in total. The van der Waals surface area contributed by atoms with E-state index in [0.717, 1.165) is 17.9 Å². The maximum absolute atomic E-state index is 11.2. The number of hydrogen-bond acceptors (Lipinski definition) is 33. The Kier molecular flexibility index (Phi) is 54.8. The van der Waals surface area contributed by atoms with Crippen molar-refractivity contribution >= 4 is 118 Å². The van der Waals surface area contributed by atoms with Gasteiger partial charge in [0.25, 0.3) is 11.8 Å². The smallest absolute Gasteiger partial charge is 0.421 e. The summed E-state index contributed by atoms with van der Waals surface area (Å²) >= 11 is 14.2. The molecule has 6 unspecified atom stereocenters. The van der Waals surface area contributed by atoms with E-state index in [1.807, 2.05) is 5.43 Å². The average molecular weight is 1530 g/mol. The molecule has 0 bridgehead atoms. The summed E-state index contributed by atoms with van der Waals surface area (Å²) in [6, 6.07) is 0. The number of carboxylic acids is 1. The molecule has 0 spiro atoms. The van der Waals surface area contributed by atoms with Gasteiger partial charge in [-0.2, -0.15) is 23.5 Å². The van der Waals surface area contributed by atoms with Crippen LogP contribution in [-0.4, -0.2) is 293 Å². The van der Waals surface area contributed by atoms with E-state index in [4.69, 9.17) is 78.8 Å². The van der Waals surface area contributed by atoms with Crippen LogP contribution in [0.2, 0.25) is 0 Å². The van der Waals surface area contributed by atoms with E-state index < -0.39 is 145 Å². The monoisotopic (exact) mass is 1530 g/mol. The highest BCUT2D eigenvalue weighted by atomic mass is 35.5. The SMILES string of the molecule is C.CC(C)(C)OC(=O)NN.CCC(=O)CCC(=O)O.CCC(=O)CCC(=O)ON1C(=O)CCC1=O.CO[C@H]1OC(CCO[C@H]2OC(CO)[C@@H](O)[C@H](O)C2OCCCSCCN=C(N)CS[C@@H]2CC(CO)[C@H](O)[C@H](O)C2O)[C@@H](O)[C@H](O)C1OCCCSCCN.ClCCl.O=C1CCC(=O)O1. The van der Waals surface area contributed by atoms with E-state index in [-0.39, 0.29) is 102 Å². The van der Waals surface area contributed by atoms with Gasteiger partial charge in [0.05, 0.1) is 68.3 Å². The van der Waals surface area contributed by atoms with Crippen molar-refractivity contribution in [3.8, 4) is 0 Å². The number of carbonyl (C=O) groups is 9. The molecule has 15 atom stereocenters. The van der Waals surface area contributed by atoms with Crippen LogP contribution in [-0.2, 0) is 81.1 Å². The highest BCUT2D eigenvalue weighted by molar-refractivity contribution is 8.00. The second-order valence-electron chi connectivity index (χ2n) is 22.7. The molecule has 0 aromatic carbocycles. The van der Waals surface area contributed by atoms with Gasteiger partial charge in [-0.3, -0.25) is 44.0 Å². The molecule has 1 aliphatic carbocycles. The molecule has 578 valence electrons. The number of esters is 2. The minimum Gasteiger partial charge on any atom is -0.481 e. The lowest BCUT2D eigenvalue weighted by molar-refractivity contribution is -0.318. The third-order valence-corrected chi connectivity index (χ3v) is 17.5. The Morgan fingerprint density at radius 3 is 1.66 bits per heavy atom. The van der Waals surface area contributed by atoms with Gasteiger partial charge in [-0.1, -0.05) is 21.3 Å². The van der Waals surface area contributed by atoms with Gasteiger partial charge in [-0.05, 0) is 58.0 Å². The Hall–Kier alpha value is -3.75. The third kappa shape index (κ3) is 41.4. The number of aliphatic hydroxyl groups excluding tert-OH is 9. The number of methoxy groups -OCH3 is 1. The number of carboxylic acid groups (broad SMARTS) is 1. The predicted octanol–water partition coefficient (Wildman–Crippen LogP) is -0.0696. The number of ether oxygens (including phenoxy) is 8. The first kappa shape index (κ1) is 97.3. The minimum absolute atomic E-state index is 0. The Morgan fingerprint density at radius 1 is 0.687 bits per heavy atom. The third-order valence-electron chi connectivity index (χ3n) is 14.0. The molecule has 5 aliphatic rings. The summed E-state index contributed by atoms with van der Waals surface area (Å²) in [7, 11) is 1.42. The molecule has 34 nitrogen and oxygen atoms in total. The van der Waals surface area contributed by atoms with Crippen LogP contribution in [0.4, 0.5) is 4.79 Å². The first-order valence-electron chi connectivity index (χ1n) is 31.6. The van der Waals surface area contributed by atoms with Gasteiger partial charge in [-0.15, -0.1) is 40.0 Å². The first-order valence-corrected chi connectivity index (χ1v) is 36.1. The fraction of sp³-hybridized carbons (Fsp3) is 0.833. The first-order chi connectivity index (χ1) is 46.3. The number of halogens is 2. The number of hydroxylamine groups is 2. The van der Waals surface area contributed by atoms with Crippen molar-refractivity contribution in [3.63, 3.8) is 0 Å². The topological polar surface area (TPSA) is 545 Å². The van der Waals surface area contributed by atoms with Crippen molar-refractivity contribution in [1.82, 2.24) is 10.5 Å². The van der Waals surface area contributed by atoms with Gasteiger partial charge in [0.15, 0.2) is 12.6 Å². The molecule has 0 radical (unpaired) electrons. The lowest BCUT2D eigenvalue weighted by Crippen LogP contribution is -2.60. The molecule has 4 saturated heterocycles. The number of aliphatic hydroxyl groups is 9. The van der Waals surface area contributed by atoms with Crippen molar-refractivity contribution in [1.29, 1.82) is 0 Å². The number of cyclic esters (lactones) is 2. The normalized spacial score (nSPS) is 26.5. The number of amidine groups is 1.